The molecule has 1 N–H and O–H groups in total. The van der Waals surface area contributed by atoms with E-state index >= 15 is 0 Å². The van der Waals surface area contributed by atoms with Crippen molar-refractivity contribution in [2.75, 3.05) is 18.1 Å². The molecule has 0 saturated heterocycles. The molecule has 0 saturated carbocycles. The molecule has 1 atom stereocenters. The van der Waals surface area contributed by atoms with Crippen molar-refractivity contribution in [2.45, 2.75) is 18.6 Å². The van der Waals surface area contributed by atoms with Crippen LogP contribution in [0, 0.1) is 15.9 Å². The standard InChI is InChI=1S/C11H15FN2O2S/c1-8(17-2)5-6-13-10-4-3-9(12)7-11(10)14(15)16/h3-4,7-8,13H,5-6H2,1-2H3. The summed E-state index contributed by atoms with van der Waals surface area (Å²) in [5.41, 5.74) is 0.145. The van der Waals surface area contributed by atoms with Gasteiger partial charge in [0.1, 0.15) is 11.5 Å². The molecule has 1 aromatic rings. The third-order valence-corrected chi connectivity index (χ3v) is 3.47. The number of nitro benzene ring substituents is 1. The molecular weight excluding hydrogens is 243 g/mol. The lowest BCUT2D eigenvalue weighted by atomic mass is 10.2. The van der Waals surface area contributed by atoms with E-state index in [4.69, 9.17) is 0 Å². The maximum Gasteiger partial charge on any atom is 0.295 e. The summed E-state index contributed by atoms with van der Waals surface area (Å²) >= 11 is 1.74. The van der Waals surface area contributed by atoms with E-state index in [1.54, 1.807) is 11.8 Å². The first kappa shape index (κ1) is 13.8. The number of halogens is 1. The molecule has 0 fully saturated rings. The molecule has 0 spiro atoms. The van der Waals surface area contributed by atoms with Crippen LogP contribution in [0.4, 0.5) is 15.8 Å². The van der Waals surface area contributed by atoms with Crippen molar-refractivity contribution in [3.63, 3.8) is 0 Å². The fourth-order valence-corrected chi connectivity index (χ4v) is 1.69. The molecule has 0 aliphatic rings. The first-order valence-corrected chi connectivity index (χ1v) is 6.54. The third kappa shape index (κ3) is 4.22. The van der Waals surface area contributed by atoms with Crippen LogP contribution in [-0.2, 0) is 0 Å². The van der Waals surface area contributed by atoms with Gasteiger partial charge in [0, 0.05) is 11.8 Å². The average molecular weight is 258 g/mol. The zero-order chi connectivity index (χ0) is 12.8. The van der Waals surface area contributed by atoms with Crippen molar-refractivity contribution in [3.05, 3.63) is 34.1 Å². The van der Waals surface area contributed by atoms with Crippen LogP contribution in [0.5, 0.6) is 0 Å². The lowest BCUT2D eigenvalue weighted by Crippen LogP contribution is -2.09. The number of nitro groups is 1. The first-order chi connectivity index (χ1) is 8.04. The van der Waals surface area contributed by atoms with Crippen LogP contribution < -0.4 is 5.32 Å². The highest BCUT2D eigenvalue weighted by atomic mass is 32.2. The Bertz CT molecular complexity index is 401. The first-order valence-electron chi connectivity index (χ1n) is 5.25. The van der Waals surface area contributed by atoms with E-state index < -0.39 is 10.7 Å². The zero-order valence-corrected chi connectivity index (χ0v) is 10.6. The molecule has 0 aliphatic carbocycles. The predicted molar refractivity (Wildman–Crippen MR) is 69.1 cm³/mol. The number of thioether (sulfide) groups is 1. The van der Waals surface area contributed by atoms with Crippen LogP contribution in [0.2, 0.25) is 0 Å². The summed E-state index contributed by atoms with van der Waals surface area (Å²) in [6.45, 7) is 2.72. The maximum atomic E-state index is 12.9. The molecule has 6 heteroatoms. The summed E-state index contributed by atoms with van der Waals surface area (Å²) < 4.78 is 12.9. The number of rotatable bonds is 6. The van der Waals surface area contributed by atoms with Crippen LogP contribution in [0.3, 0.4) is 0 Å². The van der Waals surface area contributed by atoms with E-state index in [9.17, 15) is 14.5 Å². The number of nitrogens with one attached hydrogen (secondary N) is 1. The Morgan fingerprint density at radius 3 is 2.88 bits per heavy atom. The lowest BCUT2D eigenvalue weighted by molar-refractivity contribution is -0.384. The molecule has 0 amide bonds. The van der Waals surface area contributed by atoms with Gasteiger partial charge < -0.3 is 5.32 Å². The normalized spacial score (nSPS) is 12.2. The van der Waals surface area contributed by atoms with Gasteiger partial charge in [-0.1, -0.05) is 6.92 Å². The molecule has 0 aliphatic heterocycles. The molecule has 94 valence electrons. The van der Waals surface area contributed by atoms with Crippen molar-refractivity contribution in [3.8, 4) is 0 Å². The van der Waals surface area contributed by atoms with E-state index in [0.717, 1.165) is 12.5 Å². The van der Waals surface area contributed by atoms with Gasteiger partial charge in [-0.2, -0.15) is 11.8 Å². The van der Waals surface area contributed by atoms with Gasteiger partial charge in [-0.3, -0.25) is 10.1 Å². The van der Waals surface area contributed by atoms with E-state index in [1.165, 1.54) is 12.1 Å². The highest BCUT2D eigenvalue weighted by Gasteiger charge is 2.14. The average Bonchev–Trinajstić information content (AvgIpc) is 2.30. The van der Waals surface area contributed by atoms with Crippen LogP contribution in [0.1, 0.15) is 13.3 Å². The van der Waals surface area contributed by atoms with E-state index in [1.807, 2.05) is 6.26 Å². The molecule has 0 radical (unpaired) electrons. The SMILES string of the molecule is CSC(C)CCNc1ccc(F)cc1[N+](=O)[O-]. The number of nitrogens with zero attached hydrogens (tertiary/aromatic N) is 1. The van der Waals surface area contributed by atoms with Gasteiger partial charge in [-0.05, 0) is 24.8 Å². The summed E-state index contributed by atoms with van der Waals surface area (Å²) in [7, 11) is 0. The topological polar surface area (TPSA) is 55.2 Å². The minimum Gasteiger partial charge on any atom is -0.379 e. The zero-order valence-electron chi connectivity index (χ0n) is 9.77. The quantitative estimate of drug-likeness (QED) is 0.628. The van der Waals surface area contributed by atoms with Gasteiger partial charge in [0.15, 0.2) is 0 Å². The lowest BCUT2D eigenvalue weighted by Gasteiger charge is -2.10. The van der Waals surface area contributed by atoms with Crippen molar-refractivity contribution >= 4 is 23.1 Å². The molecule has 0 aromatic heterocycles. The monoisotopic (exact) mass is 258 g/mol. The number of benzene rings is 1. The Kier molecular flexibility index (Phi) is 5.21. The minimum absolute atomic E-state index is 0.221. The van der Waals surface area contributed by atoms with Crippen LogP contribution in [0.25, 0.3) is 0 Å². The summed E-state index contributed by atoms with van der Waals surface area (Å²) in [6, 6.07) is 3.55. The molecule has 1 rings (SSSR count). The second-order valence-corrected chi connectivity index (χ2v) is 4.96. The summed E-state index contributed by atoms with van der Waals surface area (Å²) in [5, 5.41) is 14.2. The van der Waals surface area contributed by atoms with Gasteiger partial charge >= 0.3 is 0 Å². The molecule has 1 unspecified atom stereocenters. The molecular formula is C11H15FN2O2S. The molecule has 4 nitrogen and oxygen atoms in total. The van der Waals surface area contributed by atoms with Crippen LogP contribution in [0.15, 0.2) is 18.2 Å². The summed E-state index contributed by atoms with van der Waals surface area (Å²) in [5.74, 6) is -0.597. The van der Waals surface area contributed by atoms with Gasteiger partial charge in [0.25, 0.3) is 5.69 Å². The van der Waals surface area contributed by atoms with Crippen LogP contribution in [-0.4, -0.2) is 23.0 Å². The Morgan fingerprint density at radius 2 is 2.29 bits per heavy atom. The second-order valence-electron chi connectivity index (χ2n) is 3.68. The number of hydrogen-bond donors (Lipinski definition) is 1. The van der Waals surface area contributed by atoms with Crippen molar-refractivity contribution in [1.29, 1.82) is 0 Å². The Hall–Kier alpha value is -1.30. The van der Waals surface area contributed by atoms with E-state index in [-0.39, 0.29) is 5.69 Å². The highest BCUT2D eigenvalue weighted by Crippen LogP contribution is 2.25. The maximum absolute atomic E-state index is 12.9. The largest absolute Gasteiger partial charge is 0.379 e. The van der Waals surface area contributed by atoms with Gasteiger partial charge in [-0.25, -0.2) is 4.39 Å². The number of hydrogen-bond acceptors (Lipinski definition) is 4. The second kappa shape index (κ2) is 6.44. The Labute approximate surface area is 104 Å². The van der Waals surface area contributed by atoms with Crippen LogP contribution >= 0.6 is 11.8 Å². The molecule has 1 aromatic carbocycles. The molecule has 0 heterocycles. The summed E-state index contributed by atoms with van der Waals surface area (Å²) in [4.78, 5) is 10.1. The Morgan fingerprint density at radius 1 is 1.59 bits per heavy atom. The molecule has 17 heavy (non-hydrogen) atoms. The summed E-state index contributed by atoms with van der Waals surface area (Å²) in [6.07, 6.45) is 2.92. The molecule has 0 bridgehead atoms. The highest BCUT2D eigenvalue weighted by molar-refractivity contribution is 7.99. The van der Waals surface area contributed by atoms with Crippen molar-refractivity contribution < 1.29 is 9.31 Å². The van der Waals surface area contributed by atoms with Crippen molar-refractivity contribution in [2.24, 2.45) is 0 Å². The third-order valence-electron chi connectivity index (χ3n) is 2.43. The van der Waals surface area contributed by atoms with Gasteiger partial charge in [-0.15, -0.1) is 0 Å². The van der Waals surface area contributed by atoms with Gasteiger partial charge in [0.05, 0.1) is 11.0 Å². The van der Waals surface area contributed by atoms with Gasteiger partial charge in [0.2, 0.25) is 0 Å². The number of anilines is 1. The predicted octanol–water partition coefficient (Wildman–Crippen LogP) is 3.29. The fourth-order valence-electron chi connectivity index (χ4n) is 1.33. The van der Waals surface area contributed by atoms with Crippen molar-refractivity contribution in [1.82, 2.24) is 0 Å². The fraction of sp³-hybridized carbons (Fsp3) is 0.455. The minimum atomic E-state index is -0.597. The van der Waals surface area contributed by atoms with E-state index in [0.29, 0.717) is 17.5 Å². The Balaban J connectivity index is 2.67. The van der Waals surface area contributed by atoms with E-state index in [2.05, 4.69) is 12.2 Å². The smallest absolute Gasteiger partial charge is 0.295 e.